The SMILES string of the molecule is CC(C)(C(=O)Nc1ccc(Cl)cc1)S(=O)(=O)c1ccc(Cl)cc1.CC(C)(C(=O)Nc1ccc2ccccc2n1)S(=O)(=O)c1ccc(Cl)cc1. The largest absolute Gasteiger partial charge is 0.325 e. The molecule has 2 N–H and O–H groups in total. The number of fused-ring (bicyclic) bond motifs is 1. The van der Waals surface area contributed by atoms with Gasteiger partial charge in [0.1, 0.15) is 15.3 Å². The molecule has 0 aliphatic heterocycles. The molecule has 0 spiro atoms. The first-order chi connectivity index (χ1) is 22.9. The fourth-order valence-electron chi connectivity index (χ4n) is 4.28. The van der Waals surface area contributed by atoms with Crippen LogP contribution in [0.15, 0.2) is 119 Å². The quantitative estimate of drug-likeness (QED) is 0.162. The van der Waals surface area contributed by atoms with Crippen LogP contribution in [0, 0.1) is 0 Å². The molecule has 49 heavy (non-hydrogen) atoms. The van der Waals surface area contributed by atoms with Crippen LogP contribution in [0.5, 0.6) is 0 Å². The lowest BCUT2D eigenvalue weighted by atomic mass is 10.2. The van der Waals surface area contributed by atoms with Crippen molar-refractivity contribution in [1.29, 1.82) is 0 Å². The van der Waals surface area contributed by atoms with E-state index in [2.05, 4.69) is 15.6 Å². The lowest BCUT2D eigenvalue weighted by molar-refractivity contribution is -0.118. The molecule has 1 aromatic heterocycles. The standard InChI is InChI=1S/C19H17ClN2O3S.C16H15Cl2NO3S/c1-19(2,26(24,25)15-10-8-14(20)9-11-15)18(23)22-17-12-7-13-5-3-4-6-16(13)21-17;1-16(2,15(20)19-13-7-3-11(17)4-8-13)23(21,22)14-9-5-12(18)6-10-14/h3-12H,1-2H3,(H,21,22,23);3-10H,1-2H3,(H,19,20). The molecule has 0 bridgehead atoms. The second-order valence-corrected chi connectivity index (χ2v) is 18.0. The number of amides is 2. The van der Waals surface area contributed by atoms with E-state index in [4.69, 9.17) is 34.8 Å². The Kier molecular flexibility index (Phi) is 11.5. The Morgan fingerprint density at radius 3 is 1.43 bits per heavy atom. The van der Waals surface area contributed by atoms with Gasteiger partial charge in [0.05, 0.1) is 15.3 Å². The Bertz CT molecular complexity index is 2210. The molecule has 14 heteroatoms. The molecule has 1 heterocycles. The first-order valence-electron chi connectivity index (χ1n) is 14.6. The smallest absolute Gasteiger partial charge is 0.246 e. The van der Waals surface area contributed by atoms with Crippen LogP contribution in [0.2, 0.25) is 15.1 Å². The van der Waals surface area contributed by atoms with E-state index in [-0.39, 0.29) is 9.79 Å². The topological polar surface area (TPSA) is 139 Å². The van der Waals surface area contributed by atoms with Crippen LogP contribution in [0.3, 0.4) is 0 Å². The monoisotopic (exact) mass is 759 g/mol. The van der Waals surface area contributed by atoms with Crippen LogP contribution in [0.4, 0.5) is 11.5 Å². The normalized spacial score (nSPS) is 12.1. The van der Waals surface area contributed by atoms with Crippen LogP contribution >= 0.6 is 34.8 Å². The summed E-state index contributed by atoms with van der Waals surface area (Å²) in [5, 5.41) is 7.50. The molecule has 0 fully saturated rings. The van der Waals surface area contributed by atoms with E-state index >= 15 is 0 Å². The van der Waals surface area contributed by atoms with Crippen molar-refractivity contribution in [1.82, 2.24) is 4.98 Å². The van der Waals surface area contributed by atoms with E-state index in [1.807, 2.05) is 30.3 Å². The molecule has 5 aromatic rings. The maximum atomic E-state index is 12.9. The molecule has 0 atom stereocenters. The summed E-state index contributed by atoms with van der Waals surface area (Å²) in [6.07, 6.45) is 0. The number of hydrogen-bond donors (Lipinski definition) is 2. The van der Waals surface area contributed by atoms with E-state index in [1.54, 1.807) is 30.3 Å². The Morgan fingerprint density at radius 1 is 0.551 bits per heavy atom. The van der Waals surface area contributed by atoms with E-state index in [1.165, 1.54) is 76.2 Å². The third-order valence-corrected chi connectivity index (χ3v) is 13.2. The number of anilines is 2. The van der Waals surface area contributed by atoms with Crippen molar-refractivity contribution in [3.63, 3.8) is 0 Å². The molecular formula is C35H32Cl3N3O6S2. The maximum Gasteiger partial charge on any atom is 0.246 e. The van der Waals surface area contributed by atoms with Crippen LogP contribution < -0.4 is 10.6 Å². The second kappa shape index (κ2) is 14.9. The van der Waals surface area contributed by atoms with Crippen LogP contribution in [0.25, 0.3) is 10.9 Å². The van der Waals surface area contributed by atoms with Crippen molar-refractivity contribution in [3.05, 3.63) is 124 Å². The number of aromatic nitrogens is 1. The summed E-state index contributed by atoms with van der Waals surface area (Å²) >= 11 is 17.4. The van der Waals surface area contributed by atoms with Crippen molar-refractivity contribution in [2.24, 2.45) is 0 Å². The number of nitrogens with one attached hydrogen (secondary N) is 2. The van der Waals surface area contributed by atoms with Gasteiger partial charge in [-0.15, -0.1) is 0 Å². The van der Waals surface area contributed by atoms with Gasteiger partial charge in [0.15, 0.2) is 19.7 Å². The summed E-state index contributed by atoms with van der Waals surface area (Å²) in [6, 6.07) is 28.8. The summed E-state index contributed by atoms with van der Waals surface area (Å²) in [5.41, 5.74) is 1.18. The minimum atomic E-state index is -3.92. The number of benzene rings is 4. The van der Waals surface area contributed by atoms with Crippen LogP contribution in [-0.2, 0) is 29.3 Å². The number of rotatable bonds is 8. The van der Waals surface area contributed by atoms with Crippen molar-refractivity contribution in [2.45, 2.75) is 47.0 Å². The van der Waals surface area contributed by atoms with Gasteiger partial charge < -0.3 is 10.6 Å². The second-order valence-electron chi connectivity index (χ2n) is 11.7. The zero-order valence-electron chi connectivity index (χ0n) is 26.7. The minimum Gasteiger partial charge on any atom is -0.325 e. The molecule has 2 amide bonds. The molecule has 5 rings (SSSR count). The Morgan fingerprint density at radius 2 is 0.959 bits per heavy atom. The third-order valence-electron chi connectivity index (χ3n) is 7.63. The molecule has 0 unspecified atom stereocenters. The first kappa shape index (κ1) is 37.8. The summed E-state index contributed by atoms with van der Waals surface area (Å²) in [6.45, 7) is 5.46. The van der Waals surface area contributed by atoms with E-state index in [0.717, 1.165) is 5.39 Å². The highest BCUT2D eigenvalue weighted by molar-refractivity contribution is 7.94. The molecule has 0 radical (unpaired) electrons. The molecular weight excluding hydrogens is 729 g/mol. The van der Waals surface area contributed by atoms with E-state index in [9.17, 15) is 26.4 Å². The van der Waals surface area contributed by atoms with Gasteiger partial charge in [-0.3, -0.25) is 9.59 Å². The molecule has 0 saturated heterocycles. The lowest BCUT2D eigenvalue weighted by Crippen LogP contribution is -2.44. The molecule has 0 aliphatic carbocycles. The number of hydrogen-bond acceptors (Lipinski definition) is 7. The fraction of sp³-hybridized carbons (Fsp3) is 0.171. The number of pyridine rings is 1. The van der Waals surface area contributed by atoms with E-state index < -0.39 is 41.0 Å². The summed E-state index contributed by atoms with van der Waals surface area (Å²) in [7, 11) is -7.80. The lowest BCUT2D eigenvalue weighted by Gasteiger charge is -2.24. The zero-order chi connectivity index (χ0) is 36.2. The summed E-state index contributed by atoms with van der Waals surface area (Å²) in [5.74, 6) is -0.988. The van der Waals surface area contributed by atoms with Crippen molar-refractivity contribution < 1.29 is 26.4 Å². The van der Waals surface area contributed by atoms with Gasteiger partial charge in [-0.05, 0) is 119 Å². The Balaban J connectivity index is 0.000000223. The van der Waals surface area contributed by atoms with Gasteiger partial charge in [-0.1, -0.05) is 53.0 Å². The van der Waals surface area contributed by atoms with E-state index in [0.29, 0.717) is 32.1 Å². The van der Waals surface area contributed by atoms with Gasteiger partial charge in [0.25, 0.3) is 0 Å². The Labute approximate surface area is 300 Å². The number of sulfone groups is 2. The number of nitrogens with zero attached hydrogens (tertiary/aromatic N) is 1. The maximum absolute atomic E-state index is 12.9. The third kappa shape index (κ3) is 8.42. The molecule has 0 saturated carbocycles. The van der Waals surface area contributed by atoms with Gasteiger partial charge >= 0.3 is 0 Å². The number of halogens is 3. The number of carbonyl (C=O) groups is 2. The average molecular weight is 761 g/mol. The fourth-order valence-corrected chi connectivity index (χ4v) is 7.41. The molecule has 9 nitrogen and oxygen atoms in total. The minimum absolute atomic E-state index is 0.0357. The van der Waals surface area contributed by atoms with Gasteiger partial charge in [0, 0.05) is 26.1 Å². The van der Waals surface area contributed by atoms with Crippen LogP contribution in [0.1, 0.15) is 27.7 Å². The zero-order valence-corrected chi connectivity index (χ0v) is 30.6. The van der Waals surface area contributed by atoms with Crippen molar-refractivity contribution >= 4 is 88.7 Å². The van der Waals surface area contributed by atoms with Gasteiger partial charge in [-0.2, -0.15) is 0 Å². The van der Waals surface area contributed by atoms with Crippen LogP contribution in [-0.4, -0.2) is 43.1 Å². The van der Waals surface area contributed by atoms with Crippen molar-refractivity contribution in [3.8, 4) is 0 Å². The predicted molar refractivity (Wildman–Crippen MR) is 196 cm³/mol. The highest BCUT2D eigenvalue weighted by Crippen LogP contribution is 2.29. The molecule has 4 aromatic carbocycles. The highest BCUT2D eigenvalue weighted by Gasteiger charge is 2.44. The van der Waals surface area contributed by atoms with Crippen molar-refractivity contribution in [2.75, 3.05) is 10.6 Å². The molecule has 0 aliphatic rings. The summed E-state index contributed by atoms with van der Waals surface area (Å²) < 4.78 is 47.9. The number of para-hydroxylation sites is 1. The average Bonchev–Trinajstić information content (AvgIpc) is 3.06. The van der Waals surface area contributed by atoms with Gasteiger partial charge in [0.2, 0.25) is 11.8 Å². The number of carbonyl (C=O) groups excluding carboxylic acids is 2. The first-order valence-corrected chi connectivity index (χ1v) is 18.7. The molecule has 256 valence electrons. The Hall–Kier alpha value is -4.00. The highest BCUT2D eigenvalue weighted by atomic mass is 35.5. The summed E-state index contributed by atoms with van der Waals surface area (Å²) in [4.78, 5) is 29.6. The predicted octanol–water partition coefficient (Wildman–Crippen LogP) is 8.26. The van der Waals surface area contributed by atoms with Gasteiger partial charge in [-0.25, -0.2) is 21.8 Å².